The Hall–Kier alpha value is -1.21. The molecule has 0 N–H and O–H groups in total. The Balaban J connectivity index is 1.59. The third-order valence-electron chi connectivity index (χ3n) is 4.41. The Morgan fingerprint density at radius 1 is 1.19 bits per heavy atom. The van der Waals surface area contributed by atoms with Crippen LogP contribution >= 0.6 is 31.9 Å². The van der Waals surface area contributed by atoms with Gasteiger partial charge in [-0.2, -0.15) is 10.1 Å². The number of hydrogen-bond donors (Lipinski definition) is 0. The van der Waals surface area contributed by atoms with E-state index in [0.717, 1.165) is 15.9 Å². The van der Waals surface area contributed by atoms with Crippen molar-refractivity contribution >= 4 is 49.9 Å². The summed E-state index contributed by atoms with van der Waals surface area (Å²) in [5, 5.41) is 5.04. The van der Waals surface area contributed by atoms with Crippen molar-refractivity contribution < 1.29 is 14.0 Å². The van der Waals surface area contributed by atoms with Crippen molar-refractivity contribution in [1.82, 2.24) is 5.01 Å². The van der Waals surface area contributed by atoms with Crippen LogP contribution in [0, 0.1) is 23.7 Å². The van der Waals surface area contributed by atoms with Gasteiger partial charge in [0.1, 0.15) is 5.76 Å². The van der Waals surface area contributed by atoms with Gasteiger partial charge in [-0.1, -0.05) is 12.2 Å². The van der Waals surface area contributed by atoms with E-state index in [1.54, 1.807) is 6.07 Å². The summed E-state index contributed by atoms with van der Waals surface area (Å²) in [6, 6.07) is 1.71. The second kappa shape index (κ2) is 4.64. The molecule has 21 heavy (non-hydrogen) atoms. The van der Waals surface area contributed by atoms with Crippen molar-refractivity contribution in [3.63, 3.8) is 0 Å². The van der Waals surface area contributed by atoms with Crippen molar-refractivity contribution in [1.29, 1.82) is 0 Å². The van der Waals surface area contributed by atoms with E-state index in [0.29, 0.717) is 10.4 Å². The maximum Gasteiger partial charge on any atom is 0.254 e. The fraction of sp³-hybridized carbons (Fsp3) is 0.357. The number of furan rings is 1. The van der Waals surface area contributed by atoms with Crippen LogP contribution in [0.25, 0.3) is 0 Å². The Bertz CT molecular complexity index is 660. The first-order chi connectivity index (χ1) is 10.1. The summed E-state index contributed by atoms with van der Waals surface area (Å²) in [6.07, 6.45) is 6.43. The molecule has 1 aliphatic heterocycles. The second-order valence-electron chi connectivity index (χ2n) is 5.50. The molecule has 1 saturated heterocycles. The molecule has 108 valence electrons. The van der Waals surface area contributed by atoms with E-state index < -0.39 is 0 Å². The predicted molar refractivity (Wildman–Crippen MR) is 81.3 cm³/mol. The zero-order valence-electron chi connectivity index (χ0n) is 10.7. The second-order valence-corrected chi connectivity index (χ2v) is 7.08. The number of carbonyl (C=O) groups excluding carboxylic acids is 2. The maximum atomic E-state index is 12.4. The van der Waals surface area contributed by atoms with Gasteiger partial charge in [0, 0.05) is 6.07 Å². The van der Waals surface area contributed by atoms with Gasteiger partial charge in [0.15, 0.2) is 4.67 Å². The maximum absolute atomic E-state index is 12.4. The number of carbonyl (C=O) groups is 2. The van der Waals surface area contributed by atoms with Gasteiger partial charge in [-0.3, -0.25) is 9.59 Å². The molecule has 7 heteroatoms. The highest BCUT2D eigenvalue weighted by Crippen LogP contribution is 2.52. The molecule has 0 aromatic carbocycles. The van der Waals surface area contributed by atoms with Gasteiger partial charge in [-0.05, 0) is 50.1 Å². The van der Waals surface area contributed by atoms with Crippen molar-refractivity contribution in [2.75, 3.05) is 0 Å². The van der Waals surface area contributed by atoms with Gasteiger partial charge in [0.2, 0.25) is 0 Å². The van der Waals surface area contributed by atoms with Crippen LogP contribution in [0.5, 0.6) is 0 Å². The first kappa shape index (κ1) is 13.5. The average molecular weight is 414 g/mol. The first-order valence-corrected chi connectivity index (χ1v) is 8.20. The largest absolute Gasteiger partial charge is 0.447 e. The Labute approximate surface area is 137 Å². The number of allylic oxidation sites excluding steroid dienone is 2. The lowest BCUT2D eigenvalue weighted by Gasteiger charge is -2.13. The van der Waals surface area contributed by atoms with E-state index in [1.165, 1.54) is 6.21 Å². The standard InChI is InChI=1S/C14H10Br2N2O3/c15-9-4-8(21-12(9)16)5-17-18-13(19)10-6-1-2-7(3-6)11(10)14(18)20/h1-2,4-7,10-11H,3H2. The molecule has 2 heterocycles. The van der Waals surface area contributed by atoms with Gasteiger partial charge in [0.25, 0.3) is 11.8 Å². The number of rotatable bonds is 2. The molecule has 0 radical (unpaired) electrons. The summed E-state index contributed by atoms with van der Waals surface area (Å²) in [5.74, 6) is 0.0321. The normalized spacial score (nSPS) is 33.7. The van der Waals surface area contributed by atoms with Crippen LogP contribution in [0.15, 0.2) is 36.9 Å². The van der Waals surface area contributed by atoms with Crippen molar-refractivity contribution in [2.24, 2.45) is 28.8 Å². The topological polar surface area (TPSA) is 62.9 Å². The molecular formula is C14H10Br2N2O3. The van der Waals surface area contributed by atoms with Gasteiger partial charge in [-0.15, -0.1) is 0 Å². The zero-order chi connectivity index (χ0) is 14.7. The number of amides is 2. The predicted octanol–water partition coefficient (Wildman–Crippen LogP) is 2.95. The van der Waals surface area contributed by atoms with Gasteiger partial charge < -0.3 is 4.42 Å². The van der Waals surface area contributed by atoms with E-state index in [4.69, 9.17) is 4.42 Å². The molecule has 4 rings (SSSR count). The summed E-state index contributed by atoms with van der Waals surface area (Å²) >= 11 is 6.52. The molecule has 5 nitrogen and oxygen atoms in total. The minimum atomic E-state index is -0.222. The third kappa shape index (κ3) is 1.90. The molecule has 2 fully saturated rings. The van der Waals surface area contributed by atoms with E-state index >= 15 is 0 Å². The van der Waals surface area contributed by atoms with E-state index in [1.807, 2.05) is 0 Å². The van der Waals surface area contributed by atoms with Crippen LogP contribution in [0.4, 0.5) is 0 Å². The molecule has 2 aliphatic carbocycles. The lowest BCUT2D eigenvalue weighted by atomic mass is 9.85. The quantitative estimate of drug-likeness (QED) is 0.425. The number of fused-ring (bicyclic) bond motifs is 5. The van der Waals surface area contributed by atoms with E-state index in [-0.39, 0.29) is 35.5 Å². The molecule has 2 amide bonds. The number of imide groups is 1. The van der Waals surface area contributed by atoms with Crippen LogP contribution < -0.4 is 0 Å². The molecule has 2 bridgehead atoms. The average Bonchev–Trinajstić information content (AvgIpc) is 3.17. The third-order valence-corrected chi connectivity index (χ3v) is 6.12. The molecule has 1 saturated carbocycles. The molecular weight excluding hydrogens is 404 g/mol. The Kier molecular flexibility index (Phi) is 2.97. The Morgan fingerprint density at radius 2 is 1.81 bits per heavy atom. The van der Waals surface area contributed by atoms with Crippen molar-refractivity contribution in [2.45, 2.75) is 6.42 Å². The number of hydrazone groups is 1. The monoisotopic (exact) mass is 412 g/mol. The summed E-state index contributed by atoms with van der Waals surface area (Å²) < 4.78 is 6.65. The van der Waals surface area contributed by atoms with Gasteiger partial charge in [0.05, 0.1) is 22.5 Å². The van der Waals surface area contributed by atoms with Crippen molar-refractivity contribution in [3.05, 3.63) is 33.1 Å². The van der Waals surface area contributed by atoms with Crippen LogP contribution in [-0.4, -0.2) is 23.0 Å². The lowest BCUT2D eigenvalue weighted by molar-refractivity contribution is -0.140. The van der Waals surface area contributed by atoms with Gasteiger partial charge >= 0.3 is 0 Å². The fourth-order valence-corrected chi connectivity index (χ4v) is 4.15. The van der Waals surface area contributed by atoms with Crippen molar-refractivity contribution in [3.8, 4) is 0 Å². The van der Waals surface area contributed by atoms with Crippen LogP contribution in [0.1, 0.15) is 12.2 Å². The molecule has 3 aliphatic rings. The fourth-order valence-electron chi connectivity index (χ4n) is 3.54. The lowest BCUT2D eigenvalue weighted by Crippen LogP contribution is -2.28. The highest BCUT2D eigenvalue weighted by molar-refractivity contribution is 9.13. The molecule has 1 aromatic rings. The summed E-state index contributed by atoms with van der Waals surface area (Å²) in [7, 11) is 0. The van der Waals surface area contributed by atoms with Crippen LogP contribution in [-0.2, 0) is 9.59 Å². The smallest absolute Gasteiger partial charge is 0.254 e. The molecule has 1 aromatic heterocycles. The highest BCUT2D eigenvalue weighted by Gasteiger charge is 2.59. The van der Waals surface area contributed by atoms with Crippen LogP contribution in [0.2, 0.25) is 0 Å². The van der Waals surface area contributed by atoms with Crippen LogP contribution in [0.3, 0.4) is 0 Å². The SMILES string of the molecule is O=C1C2C3C=CC(C3)C2C(=O)N1N=Cc1cc(Br)c(Br)o1. The molecule has 4 unspecified atom stereocenters. The molecule has 0 spiro atoms. The first-order valence-electron chi connectivity index (χ1n) is 6.61. The summed E-state index contributed by atoms with van der Waals surface area (Å²) in [5.41, 5.74) is 0. The zero-order valence-corrected chi connectivity index (χ0v) is 13.9. The number of nitrogens with zero attached hydrogens (tertiary/aromatic N) is 2. The summed E-state index contributed by atoms with van der Waals surface area (Å²) in [6.45, 7) is 0. The minimum Gasteiger partial charge on any atom is -0.447 e. The Morgan fingerprint density at radius 3 is 2.33 bits per heavy atom. The highest BCUT2D eigenvalue weighted by atomic mass is 79.9. The molecule has 4 atom stereocenters. The minimum absolute atomic E-state index is 0.192. The van der Waals surface area contributed by atoms with Gasteiger partial charge in [-0.25, -0.2) is 0 Å². The van der Waals surface area contributed by atoms with E-state index in [9.17, 15) is 9.59 Å². The number of hydrogen-bond acceptors (Lipinski definition) is 4. The number of halogens is 2. The van der Waals surface area contributed by atoms with E-state index in [2.05, 4.69) is 49.1 Å². The summed E-state index contributed by atoms with van der Waals surface area (Å²) in [4.78, 5) is 24.8.